The van der Waals surface area contributed by atoms with Gasteiger partial charge in [-0.2, -0.15) is 0 Å². The number of allylic oxidation sites excluding steroid dienone is 10. The molecule has 0 saturated heterocycles. The fourth-order valence-electron chi connectivity index (χ4n) is 6.57. The minimum atomic E-state index is -0.712. The number of hydrogen-bond donors (Lipinski definition) is 3. The van der Waals surface area contributed by atoms with E-state index in [1.54, 1.807) is 0 Å². The average Bonchev–Trinajstić information content (AvgIpc) is 3.22. The highest BCUT2D eigenvalue weighted by molar-refractivity contribution is 5.67. The Balaban J connectivity index is -0.000000816. The molecule has 0 spiro atoms. The maximum Gasteiger partial charge on any atom is 0.303 e. The van der Waals surface area contributed by atoms with Gasteiger partial charge in [-0.3, -0.25) is 14.4 Å². The van der Waals surface area contributed by atoms with E-state index in [1.165, 1.54) is 167 Å². The molecule has 0 bridgehead atoms. The van der Waals surface area contributed by atoms with Crippen molar-refractivity contribution in [3.05, 3.63) is 60.8 Å². The van der Waals surface area contributed by atoms with Crippen LogP contribution in [0.5, 0.6) is 0 Å². The molecule has 0 saturated carbocycles. The third-order valence-corrected chi connectivity index (χ3v) is 10.4. The molecule has 0 atom stereocenters. The van der Waals surface area contributed by atoms with Crippen molar-refractivity contribution < 1.29 is 29.7 Å². The molecular formula is C54H98O6. The van der Waals surface area contributed by atoms with Gasteiger partial charge in [0.2, 0.25) is 0 Å². The van der Waals surface area contributed by atoms with Gasteiger partial charge in [-0.1, -0.05) is 223 Å². The third-order valence-electron chi connectivity index (χ3n) is 10.4. The van der Waals surface area contributed by atoms with Crippen LogP contribution in [0.2, 0.25) is 0 Å². The van der Waals surface area contributed by atoms with Crippen molar-refractivity contribution in [1.29, 1.82) is 0 Å². The molecule has 0 aliphatic carbocycles. The molecule has 6 heteroatoms. The molecule has 0 rings (SSSR count). The first-order valence-electron chi connectivity index (χ1n) is 25.2. The maximum atomic E-state index is 10.3. The van der Waals surface area contributed by atoms with Gasteiger partial charge in [0.1, 0.15) is 0 Å². The minimum Gasteiger partial charge on any atom is -0.481 e. The highest BCUT2D eigenvalue weighted by Crippen LogP contribution is 2.13. The summed E-state index contributed by atoms with van der Waals surface area (Å²) in [5.41, 5.74) is 0. The van der Waals surface area contributed by atoms with Gasteiger partial charge in [0.25, 0.3) is 0 Å². The smallest absolute Gasteiger partial charge is 0.303 e. The Bertz CT molecular complexity index is 1020. The number of aliphatic carboxylic acids is 3. The lowest BCUT2D eigenvalue weighted by molar-refractivity contribution is -0.138. The largest absolute Gasteiger partial charge is 0.481 e. The van der Waals surface area contributed by atoms with E-state index in [1.807, 2.05) is 0 Å². The Morgan fingerprint density at radius 2 is 0.467 bits per heavy atom. The van der Waals surface area contributed by atoms with Crippen molar-refractivity contribution in [1.82, 2.24) is 0 Å². The average molecular weight is 843 g/mol. The Morgan fingerprint density at radius 3 is 0.783 bits per heavy atom. The number of carbonyl (C=O) groups is 3. The van der Waals surface area contributed by atoms with E-state index < -0.39 is 17.9 Å². The first-order valence-corrected chi connectivity index (χ1v) is 25.2. The zero-order valence-electron chi connectivity index (χ0n) is 39.7. The van der Waals surface area contributed by atoms with Crippen LogP contribution in [0.25, 0.3) is 0 Å². The molecular weight excluding hydrogens is 745 g/mol. The number of carboxylic acid groups (broad SMARTS) is 3. The number of hydrogen-bond acceptors (Lipinski definition) is 3. The van der Waals surface area contributed by atoms with Crippen LogP contribution in [0.4, 0.5) is 0 Å². The number of unbranched alkanes of at least 4 members (excludes halogenated alkanes) is 27. The monoisotopic (exact) mass is 843 g/mol. The molecule has 0 aliphatic heterocycles. The molecule has 0 aromatic rings. The van der Waals surface area contributed by atoms with Gasteiger partial charge in [-0.25, -0.2) is 0 Å². The van der Waals surface area contributed by atoms with Gasteiger partial charge in [0.15, 0.2) is 0 Å². The maximum absolute atomic E-state index is 10.3. The van der Waals surface area contributed by atoms with E-state index in [2.05, 4.69) is 81.5 Å². The molecule has 6 nitrogen and oxygen atoms in total. The van der Waals surface area contributed by atoms with E-state index in [0.717, 1.165) is 57.8 Å². The van der Waals surface area contributed by atoms with E-state index in [9.17, 15) is 14.4 Å². The fraction of sp³-hybridized carbons (Fsp3) is 0.759. The molecule has 0 heterocycles. The van der Waals surface area contributed by atoms with Crippen LogP contribution >= 0.6 is 0 Å². The van der Waals surface area contributed by atoms with Gasteiger partial charge in [-0.05, 0) is 83.5 Å². The normalized spacial score (nSPS) is 11.5. The lowest BCUT2D eigenvalue weighted by Gasteiger charge is -2.02. The van der Waals surface area contributed by atoms with Gasteiger partial charge in [-0.15, -0.1) is 0 Å². The van der Waals surface area contributed by atoms with Crippen LogP contribution in [-0.4, -0.2) is 33.2 Å². The summed E-state index contributed by atoms with van der Waals surface area (Å²) < 4.78 is 0. The predicted octanol–water partition coefficient (Wildman–Crippen LogP) is 17.9. The highest BCUT2D eigenvalue weighted by Gasteiger charge is 1.98. The van der Waals surface area contributed by atoms with Gasteiger partial charge in [0, 0.05) is 19.3 Å². The van der Waals surface area contributed by atoms with Crippen molar-refractivity contribution in [2.75, 3.05) is 0 Å². The highest BCUT2D eigenvalue weighted by atomic mass is 16.4. The van der Waals surface area contributed by atoms with Crippen molar-refractivity contribution in [2.45, 2.75) is 265 Å². The Hall–Kier alpha value is -2.89. The first-order chi connectivity index (χ1) is 29.3. The van der Waals surface area contributed by atoms with Crippen LogP contribution in [0.15, 0.2) is 60.8 Å². The zero-order chi connectivity index (χ0) is 44.7. The van der Waals surface area contributed by atoms with Gasteiger partial charge >= 0.3 is 17.9 Å². The van der Waals surface area contributed by atoms with Crippen molar-refractivity contribution in [3.63, 3.8) is 0 Å². The Kier molecular flexibility index (Phi) is 59.6. The second-order valence-electron chi connectivity index (χ2n) is 16.5. The molecule has 350 valence electrons. The van der Waals surface area contributed by atoms with Crippen molar-refractivity contribution >= 4 is 17.9 Å². The quantitative estimate of drug-likeness (QED) is 0.0416. The van der Waals surface area contributed by atoms with E-state index >= 15 is 0 Å². The summed E-state index contributed by atoms with van der Waals surface area (Å²) >= 11 is 0. The first kappa shape index (κ1) is 61.4. The molecule has 0 aromatic carbocycles. The summed E-state index contributed by atoms with van der Waals surface area (Å²) in [6.07, 6.45) is 65.8. The molecule has 0 radical (unpaired) electrons. The summed E-state index contributed by atoms with van der Waals surface area (Å²) in [4.78, 5) is 30.9. The van der Waals surface area contributed by atoms with Gasteiger partial charge in [0.05, 0.1) is 0 Å². The lowest BCUT2D eigenvalue weighted by Crippen LogP contribution is -1.93. The summed E-state index contributed by atoms with van der Waals surface area (Å²) in [5.74, 6) is -2.03. The molecule has 0 amide bonds. The molecule has 60 heavy (non-hydrogen) atoms. The molecule has 0 aliphatic rings. The molecule has 0 aromatic heterocycles. The molecule has 0 fully saturated rings. The lowest BCUT2D eigenvalue weighted by atomic mass is 10.0. The van der Waals surface area contributed by atoms with E-state index in [4.69, 9.17) is 15.3 Å². The Morgan fingerprint density at radius 1 is 0.267 bits per heavy atom. The fourth-order valence-corrected chi connectivity index (χ4v) is 6.57. The van der Waals surface area contributed by atoms with E-state index in [-0.39, 0.29) is 6.42 Å². The number of rotatable bonds is 43. The zero-order valence-corrected chi connectivity index (χ0v) is 39.7. The van der Waals surface area contributed by atoms with Crippen molar-refractivity contribution in [2.24, 2.45) is 0 Å². The summed E-state index contributed by atoms with van der Waals surface area (Å²) in [5, 5.41) is 25.5. The standard InChI is InChI=1S/C20H32O2.C18H34O2.C16H32O2/c1-2-3-4-5-6-7-8-9-10-11-12-13-14-15-16-17-18-19-20(21)22;1-2-3-4-5-6-7-8-9-10-11-12-13-14-15-16-17-18(19)20;1-2-3-4-5-6-7-8-9-10-11-12-13-14-15-16(17)18/h6-7,9-10,12-13,15-16H,2-5,8,11,14,17-19H2,1H3,(H,21,22);9-10H,2-8,11-17H2,1H3,(H,19,20);2-15H2,1H3,(H,17,18)/b7-6-,10-9-,13-12-,16-15-;10-9-;. The third kappa shape index (κ3) is 69.7. The van der Waals surface area contributed by atoms with Crippen LogP contribution in [0.1, 0.15) is 265 Å². The summed E-state index contributed by atoms with van der Waals surface area (Å²) in [6, 6.07) is 0. The number of carboxylic acids is 3. The summed E-state index contributed by atoms with van der Waals surface area (Å²) in [7, 11) is 0. The van der Waals surface area contributed by atoms with Crippen LogP contribution < -0.4 is 0 Å². The van der Waals surface area contributed by atoms with Crippen molar-refractivity contribution in [3.8, 4) is 0 Å². The topological polar surface area (TPSA) is 112 Å². The molecule has 3 N–H and O–H groups in total. The summed E-state index contributed by atoms with van der Waals surface area (Å²) in [6.45, 7) is 6.75. The predicted molar refractivity (Wildman–Crippen MR) is 261 cm³/mol. The van der Waals surface area contributed by atoms with E-state index in [0.29, 0.717) is 12.8 Å². The van der Waals surface area contributed by atoms with Crippen LogP contribution in [-0.2, 0) is 14.4 Å². The van der Waals surface area contributed by atoms with Crippen LogP contribution in [0.3, 0.4) is 0 Å². The van der Waals surface area contributed by atoms with Crippen LogP contribution in [0, 0.1) is 0 Å². The SMILES string of the molecule is CCCCC/C=C\C/C=C\C/C=C\C/C=C\CCCC(=O)O.CCCCCCCC/C=C\CCCCCCCC(=O)O.CCCCCCCCCCCCCCCC(=O)O. The second kappa shape index (κ2) is 58.2. The second-order valence-corrected chi connectivity index (χ2v) is 16.5. The van der Waals surface area contributed by atoms with Gasteiger partial charge < -0.3 is 15.3 Å². The Labute approximate surface area is 372 Å². The molecule has 0 unspecified atom stereocenters. The minimum absolute atomic E-state index is 0.262.